The number of nitrogens with two attached hydrogens (primary N) is 1. The summed E-state index contributed by atoms with van der Waals surface area (Å²) in [6.45, 7) is 5.99. The Hall–Kier alpha value is -1.71. The van der Waals surface area contributed by atoms with Crippen molar-refractivity contribution in [3.05, 3.63) is 39.7 Å². The Morgan fingerprint density at radius 3 is 2.69 bits per heavy atom. The zero-order valence-corrected chi connectivity index (χ0v) is 16.0. The van der Waals surface area contributed by atoms with Crippen LogP contribution in [0, 0.1) is 21.8 Å². The largest absolute Gasteiger partial charge is 0.386 e. The van der Waals surface area contributed by atoms with Crippen LogP contribution in [0.15, 0.2) is 23.2 Å². The predicted octanol–water partition coefficient (Wildman–Crippen LogP) is 3.29. The van der Waals surface area contributed by atoms with Crippen molar-refractivity contribution in [2.24, 2.45) is 16.6 Å². The van der Waals surface area contributed by atoms with Crippen LogP contribution >= 0.6 is 10.5 Å². The Labute approximate surface area is 153 Å². The van der Waals surface area contributed by atoms with Gasteiger partial charge in [-0.2, -0.15) is 0 Å². The van der Waals surface area contributed by atoms with E-state index in [1.165, 1.54) is 6.07 Å². The number of non-ortho nitro benzene ring substituents is 1. The molecule has 9 heteroatoms. The molecule has 0 radical (unpaired) electrons. The van der Waals surface area contributed by atoms with Gasteiger partial charge in [-0.05, 0) is 45.6 Å². The first-order chi connectivity index (χ1) is 12.0. The molecule has 0 bridgehead atoms. The Kier molecular flexibility index (Phi) is 4.53. The summed E-state index contributed by atoms with van der Waals surface area (Å²) in [4.78, 5) is 15.0. The van der Waals surface area contributed by atoms with E-state index in [9.17, 15) is 19.1 Å². The minimum Gasteiger partial charge on any atom is -0.386 e. The Bertz CT molecular complexity index is 783. The van der Waals surface area contributed by atoms with Crippen molar-refractivity contribution in [1.82, 2.24) is 4.72 Å². The van der Waals surface area contributed by atoms with Crippen molar-refractivity contribution in [2.75, 3.05) is 12.3 Å². The standard InChI is InChI=1S/C17H25FN4O3S/c1-16(2)15(19)21-17(3,10-26(16,25)20-9-11-4-5-11)13-8-12(22(23)24)6-7-14(13)18/h6-8,11,20,25H,4-5,9-10H2,1-3H3,(H2,19,21)/t17-/m0/s1. The molecule has 1 aliphatic carbocycles. The fourth-order valence-electron chi connectivity index (χ4n) is 3.18. The maximum Gasteiger partial charge on any atom is 0.270 e. The molecular weight excluding hydrogens is 359 g/mol. The molecule has 1 fully saturated rings. The zero-order valence-electron chi connectivity index (χ0n) is 15.2. The quantitative estimate of drug-likeness (QED) is 0.532. The average Bonchev–Trinajstić information content (AvgIpc) is 3.36. The lowest BCUT2D eigenvalue weighted by Crippen LogP contribution is -2.56. The first kappa shape index (κ1) is 19.1. The van der Waals surface area contributed by atoms with Crippen molar-refractivity contribution in [3.8, 4) is 0 Å². The summed E-state index contributed by atoms with van der Waals surface area (Å²) >= 11 is 0. The summed E-state index contributed by atoms with van der Waals surface area (Å²) in [6, 6.07) is 3.37. The Morgan fingerprint density at radius 1 is 1.46 bits per heavy atom. The summed E-state index contributed by atoms with van der Waals surface area (Å²) < 4.78 is 28.5. The van der Waals surface area contributed by atoms with E-state index in [0.717, 1.165) is 25.0 Å². The molecule has 0 aromatic heterocycles. The van der Waals surface area contributed by atoms with Gasteiger partial charge in [-0.3, -0.25) is 19.8 Å². The van der Waals surface area contributed by atoms with E-state index >= 15 is 0 Å². The highest BCUT2D eigenvalue weighted by Gasteiger charge is 2.52. The van der Waals surface area contributed by atoms with Crippen molar-refractivity contribution >= 4 is 22.0 Å². The molecule has 1 aliphatic heterocycles. The van der Waals surface area contributed by atoms with Crippen LogP contribution in [-0.4, -0.2) is 32.4 Å². The lowest BCUT2D eigenvalue weighted by atomic mass is 9.93. The third kappa shape index (κ3) is 3.19. The average molecular weight is 384 g/mol. The number of nitro benzene ring substituents is 1. The van der Waals surface area contributed by atoms with Gasteiger partial charge in [-0.15, -0.1) is 0 Å². The number of nitrogens with zero attached hydrogens (tertiary/aromatic N) is 2. The maximum absolute atomic E-state index is 14.5. The zero-order chi connectivity index (χ0) is 19.3. The predicted molar refractivity (Wildman–Crippen MR) is 102 cm³/mol. The summed E-state index contributed by atoms with van der Waals surface area (Å²) in [6.07, 6.45) is 2.26. The number of halogens is 1. The summed E-state index contributed by atoms with van der Waals surface area (Å²) in [5.74, 6) is 0.304. The molecule has 1 saturated carbocycles. The molecule has 1 aromatic carbocycles. The van der Waals surface area contributed by atoms with Crippen LogP contribution in [0.2, 0.25) is 0 Å². The van der Waals surface area contributed by atoms with E-state index in [-0.39, 0.29) is 22.8 Å². The molecule has 7 nitrogen and oxygen atoms in total. The van der Waals surface area contributed by atoms with Crippen LogP contribution in [0.1, 0.15) is 39.2 Å². The fourth-order valence-corrected chi connectivity index (χ4v) is 5.94. The molecule has 1 unspecified atom stereocenters. The van der Waals surface area contributed by atoms with Crippen molar-refractivity contribution < 1.29 is 13.9 Å². The number of rotatable bonds is 5. The number of benzene rings is 1. The number of nitrogens with one attached hydrogen (secondary N) is 1. The third-order valence-corrected chi connectivity index (χ3v) is 8.89. The van der Waals surface area contributed by atoms with Gasteiger partial charge in [0.1, 0.15) is 11.7 Å². The van der Waals surface area contributed by atoms with Gasteiger partial charge in [0.25, 0.3) is 5.69 Å². The molecule has 144 valence electrons. The molecule has 3 rings (SSSR count). The number of nitro groups is 1. The van der Waals surface area contributed by atoms with E-state index in [0.29, 0.717) is 12.5 Å². The van der Waals surface area contributed by atoms with Gasteiger partial charge in [0.05, 0.1) is 15.2 Å². The van der Waals surface area contributed by atoms with E-state index in [1.54, 1.807) is 6.92 Å². The van der Waals surface area contributed by atoms with Gasteiger partial charge in [0, 0.05) is 30.0 Å². The molecule has 0 saturated heterocycles. The van der Waals surface area contributed by atoms with Crippen molar-refractivity contribution in [3.63, 3.8) is 0 Å². The van der Waals surface area contributed by atoms with Crippen LogP contribution in [0.5, 0.6) is 0 Å². The van der Waals surface area contributed by atoms with E-state index in [4.69, 9.17) is 5.73 Å². The van der Waals surface area contributed by atoms with Gasteiger partial charge in [0.2, 0.25) is 0 Å². The maximum atomic E-state index is 14.5. The highest BCUT2D eigenvalue weighted by molar-refractivity contribution is 8.29. The number of amidine groups is 1. The highest BCUT2D eigenvalue weighted by Crippen LogP contribution is 2.59. The topological polar surface area (TPSA) is 114 Å². The first-order valence-corrected chi connectivity index (χ1v) is 10.3. The Morgan fingerprint density at radius 2 is 2.12 bits per heavy atom. The smallest absolute Gasteiger partial charge is 0.270 e. The van der Waals surface area contributed by atoms with Gasteiger partial charge in [-0.1, -0.05) is 10.5 Å². The van der Waals surface area contributed by atoms with Gasteiger partial charge in [-0.25, -0.2) is 4.39 Å². The van der Waals surface area contributed by atoms with E-state index in [1.807, 2.05) is 13.8 Å². The van der Waals surface area contributed by atoms with Gasteiger partial charge < -0.3 is 10.3 Å². The van der Waals surface area contributed by atoms with Gasteiger partial charge >= 0.3 is 0 Å². The second-order valence-electron chi connectivity index (χ2n) is 7.84. The molecule has 1 heterocycles. The first-order valence-electron chi connectivity index (χ1n) is 8.56. The normalized spacial score (nSPS) is 33.2. The number of hydrogen-bond donors (Lipinski definition) is 3. The molecule has 4 N–H and O–H groups in total. The van der Waals surface area contributed by atoms with Crippen molar-refractivity contribution in [2.45, 2.75) is 43.9 Å². The van der Waals surface area contributed by atoms with Crippen LogP contribution in [0.25, 0.3) is 0 Å². The lowest BCUT2D eigenvalue weighted by molar-refractivity contribution is -0.385. The van der Waals surface area contributed by atoms with Gasteiger partial charge in [0.15, 0.2) is 0 Å². The van der Waals surface area contributed by atoms with E-state index < -0.39 is 31.5 Å². The van der Waals surface area contributed by atoms with Crippen LogP contribution in [0.4, 0.5) is 10.1 Å². The van der Waals surface area contributed by atoms with Crippen LogP contribution in [0.3, 0.4) is 0 Å². The molecular formula is C17H25FN4O3S. The monoisotopic (exact) mass is 384 g/mol. The van der Waals surface area contributed by atoms with Crippen LogP contribution in [-0.2, 0) is 5.54 Å². The Balaban J connectivity index is 2.05. The molecule has 1 aromatic rings. The third-order valence-electron chi connectivity index (χ3n) is 5.37. The SMILES string of the molecule is CC1(C)C(N)=N[C@](C)(c2cc([N+](=O)[O-])ccc2F)CS1(O)NCC1CC1. The molecule has 0 amide bonds. The summed E-state index contributed by atoms with van der Waals surface area (Å²) in [5, 5.41) is 11.1. The lowest BCUT2D eigenvalue weighted by Gasteiger charge is -2.54. The minimum absolute atomic E-state index is 0.0734. The summed E-state index contributed by atoms with van der Waals surface area (Å²) in [5.41, 5.74) is 4.86. The van der Waals surface area contributed by atoms with E-state index in [2.05, 4.69) is 9.71 Å². The number of aliphatic imine (C=N–C) groups is 1. The highest BCUT2D eigenvalue weighted by atomic mass is 32.3. The molecule has 0 spiro atoms. The molecule has 2 atom stereocenters. The fraction of sp³-hybridized carbons (Fsp3) is 0.588. The second-order valence-corrected chi connectivity index (χ2v) is 10.8. The molecule has 2 aliphatic rings. The number of hydrogen-bond acceptors (Lipinski definition) is 6. The molecule has 26 heavy (non-hydrogen) atoms. The van der Waals surface area contributed by atoms with Crippen LogP contribution < -0.4 is 10.5 Å². The van der Waals surface area contributed by atoms with Crippen molar-refractivity contribution in [1.29, 1.82) is 0 Å². The summed E-state index contributed by atoms with van der Waals surface area (Å²) in [7, 11) is -2.47. The minimum atomic E-state index is -2.47. The second kappa shape index (κ2) is 6.17.